The Morgan fingerprint density at radius 1 is 1.50 bits per heavy atom. The highest BCUT2D eigenvalue weighted by Gasteiger charge is 2.05. The van der Waals surface area contributed by atoms with E-state index in [4.69, 9.17) is 9.78 Å². The largest absolute Gasteiger partial charge is 0.354 e. The maximum atomic E-state index is 8.56. The molecule has 0 bridgehead atoms. The number of aromatic nitrogens is 2. The van der Waals surface area contributed by atoms with Gasteiger partial charge in [0.25, 0.3) is 0 Å². The first kappa shape index (κ1) is 6.80. The van der Waals surface area contributed by atoms with Crippen LogP contribution in [0.15, 0.2) is 16.7 Å². The van der Waals surface area contributed by atoms with Gasteiger partial charge in [-0.2, -0.15) is 5.26 Å². The summed E-state index contributed by atoms with van der Waals surface area (Å²) < 4.78 is 4.93. The first-order valence-electron chi connectivity index (χ1n) is 3.44. The highest BCUT2D eigenvalue weighted by atomic mass is 16.5. The van der Waals surface area contributed by atoms with Crippen LogP contribution in [-0.4, -0.2) is 10.1 Å². The summed E-state index contributed by atoms with van der Waals surface area (Å²) in [5.74, 6) is 0. The Kier molecular flexibility index (Phi) is 1.31. The van der Waals surface area contributed by atoms with Gasteiger partial charge >= 0.3 is 0 Å². The van der Waals surface area contributed by atoms with Gasteiger partial charge in [0, 0.05) is 0 Å². The van der Waals surface area contributed by atoms with Crippen LogP contribution in [0.3, 0.4) is 0 Å². The van der Waals surface area contributed by atoms with Gasteiger partial charge in [-0.25, -0.2) is 4.98 Å². The van der Waals surface area contributed by atoms with E-state index in [-0.39, 0.29) is 0 Å². The third kappa shape index (κ3) is 0.839. The summed E-state index contributed by atoms with van der Waals surface area (Å²) in [5.41, 5.74) is 2.37. The van der Waals surface area contributed by atoms with Crippen LogP contribution in [0, 0.1) is 18.3 Å². The molecule has 0 aliphatic rings. The first-order chi connectivity index (χ1) is 5.81. The molecule has 0 aliphatic carbocycles. The van der Waals surface area contributed by atoms with Crippen molar-refractivity contribution in [3.05, 3.63) is 23.5 Å². The van der Waals surface area contributed by atoms with E-state index in [0.717, 1.165) is 0 Å². The monoisotopic (exact) mass is 159 g/mol. The smallest absolute Gasteiger partial charge is 0.185 e. The predicted molar refractivity (Wildman–Crippen MR) is 41.3 cm³/mol. The Hall–Kier alpha value is -1.89. The van der Waals surface area contributed by atoms with Gasteiger partial charge in [-0.3, -0.25) is 0 Å². The van der Waals surface area contributed by atoms with E-state index in [0.29, 0.717) is 22.5 Å². The standard InChI is InChI=1S/C8H5N3O/c1-5-8-7(12-11-5)3-2-6(4-9)10-8/h2-3H,1H3. The van der Waals surface area contributed by atoms with Gasteiger partial charge in [-0.05, 0) is 19.1 Å². The number of pyridine rings is 1. The Morgan fingerprint density at radius 2 is 2.33 bits per heavy atom. The molecule has 0 N–H and O–H groups in total. The number of rotatable bonds is 0. The number of hydrogen-bond acceptors (Lipinski definition) is 4. The van der Waals surface area contributed by atoms with Crippen molar-refractivity contribution in [3.8, 4) is 6.07 Å². The maximum Gasteiger partial charge on any atom is 0.185 e. The van der Waals surface area contributed by atoms with E-state index in [1.54, 1.807) is 19.1 Å². The number of nitrogens with zero attached hydrogens (tertiary/aromatic N) is 3. The van der Waals surface area contributed by atoms with Gasteiger partial charge in [0.1, 0.15) is 23.0 Å². The van der Waals surface area contributed by atoms with Crippen LogP contribution >= 0.6 is 0 Å². The van der Waals surface area contributed by atoms with Crippen molar-refractivity contribution in [1.82, 2.24) is 10.1 Å². The highest BCUT2D eigenvalue weighted by molar-refractivity contribution is 5.74. The lowest BCUT2D eigenvalue weighted by atomic mass is 10.3. The van der Waals surface area contributed by atoms with Gasteiger partial charge < -0.3 is 4.52 Å². The average molecular weight is 159 g/mol. The molecule has 0 saturated carbocycles. The Morgan fingerprint density at radius 3 is 3.08 bits per heavy atom. The lowest BCUT2D eigenvalue weighted by Gasteiger charge is -1.86. The zero-order valence-electron chi connectivity index (χ0n) is 6.40. The van der Waals surface area contributed by atoms with Crippen molar-refractivity contribution in [2.24, 2.45) is 0 Å². The molecule has 4 nitrogen and oxygen atoms in total. The number of hydrogen-bond donors (Lipinski definition) is 0. The van der Waals surface area contributed by atoms with Crippen LogP contribution in [0.25, 0.3) is 11.1 Å². The SMILES string of the molecule is Cc1noc2ccc(C#N)nc12. The fourth-order valence-corrected chi connectivity index (χ4v) is 1.00. The predicted octanol–water partition coefficient (Wildman–Crippen LogP) is 1.40. The van der Waals surface area contributed by atoms with Gasteiger partial charge in [0.15, 0.2) is 5.58 Å². The molecule has 0 radical (unpaired) electrons. The van der Waals surface area contributed by atoms with E-state index in [1.165, 1.54) is 0 Å². The molecular formula is C8H5N3O. The van der Waals surface area contributed by atoms with Crippen LogP contribution in [0.1, 0.15) is 11.4 Å². The Labute approximate surface area is 68.4 Å². The zero-order chi connectivity index (χ0) is 8.55. The molecule has 0 fully saturated rings. The van der Waals surface area contributed by atoms with Crippen LogP contribution in [0.5, 0.6) is 0 Å². The van der Waals surface area contributed by atoms with Crippen molar-refractivity contribution < 1.29 is 4.52 Å². The second kappa shape index (κ2) is 2.31. The van der Waals surface area contributed by atoms with E-state index >= 15 is 0 Å². The van der Waals surface area contributed by atoms with E-state index < -0.39 is 0 Å². The number of aryl methyl sites for hydroxylation is 1. The molecule has 2 rings (SSSR count). The molecule has 0 saturated heterocycles. The minimum atomic E-state index is 0.383. The molecule has 2 aromatic rings. The fraction of sp³-hybridized carbons (Fsp3) is 0.125. The van der Waals surface area contributed by atoms with E-state index in [2.05, 4.69) is 10.1 Å². The minimum Gasteiger partial charge on any atom is -0.354 e. The van der Waals surface area contributed by atoms with E-state index in [9.17, 15) is 0 Å². The van der Waals surface area contributed by atoms with Crippen molar-refractivity contribution in [1.29, 1.82) is 5.26 Å². The summed E-state index contributed by atoms with van der Waals surface area (Å²) in [4.78, 5) is 4.04. The zero-order valence-corrected chi connectivity index (χ0v) is 6.40. The molecule has 0 aliphatic heterocycles. The molecule has 0 amide bonds. The molecule has 0 spiro atoms. The van der Waals surface area contributed by atoms with Crippen molar-refractivity contribution in [3.63, 3.8) is 0 Å². The van der Waals surface area contributed by atoms with Gasteiger partial charge in [-0.1, -0.05) is 5.16 Å². The van der Waals surface area contributed by atoms with Crippen LogP contribution < -0.4 is 0 Å². The molecule has 12 heavy (non-hydrogen) atoms. The summed E-state index contributed by atoms with van der Waals surface area (Å²) in [7, 11) is 0. The molecule has 2 aromatic heterocycles. The molecule has 2 heterocycles. The van der Waals surface area contributed by atoms with Crippen LogP contribution in [-0.2, 0) is 0 Å². The molecule has 58 valence electrons. The van der Waals surface area contributed by atoms with E-state index in [1.807, 2.05) is 6.07 Å². The molecule has 4 heteroatoms. The topological polar surface area (TPSA) is 62.7 Å². The highest BCUT2D eigenvalue weighted by Crippen LogP contribution is 2.14. The summed E-state index contributed by atoms with van der Waals surface area (Å²) in [6.07, 6.45) is 0. The second-order valence-corrected chi connectivity index (χ2v) is 2.42. The Balaban J connectivity index is 2.82. The lowest BCUT2D eigenvalue weighted by Crippen LogP contribution is -1.82. The van der Waals surface area contributed by atoms with Crippen molar-refractivity contribution in [2.45, 2.75) is 6.92 Å². The third-order valence-corrected chi connectivity index (χ3v) is 1.60. The number of nitriles is 1. The van der Waals surface area contributed by atoms with Gasteiger partial charge in [-0.15, -0.1) is 0 Å². The third-order valence-electron chi connectivity index (χ3n) is 1.60. The summed E-state index contributed by atoms with van der Waals surface area (Å²) in [6, 6.07) is 5.26. The second-order valence-electron chi connectivity index (χ2n) is 2.42. The van der Waals surface area contributed by atoms with Gasteiger partial charge in [0.05, 0.1) is 0 Å². The van der Waals surface area contributed by atoms with Crippen molar-refractivity contribution in [2.75, 3.05) is 0 Å². The normalized spacial score (nSPS) is 10.0. The van der Waals surface area contributed by atoms with Crippen LogP contribution in [0.2, 0.25) is 0 Å². The quantitative estimate of drug-likeness (QED) is 0.582. The molecule has 0 aromatic carbocycles. The summed E-state index contributed by atoms with van der Waals surface area (Å²) in [5, 5.41) is 12.3. The lowest BCUT2D eigenvalue weighted by molar-refractivity contribution is 0.450. The molecule has 0 atom stereocenters. The summed E-state index contributed by atoms with van der Waals surface area (Å²) >= 11 is 0. The molecule has 0 unspecified atom stereocenters. The average Bonchev–Trinajstić information content (AvgIpc) is 2.47. The minimum absolute atomic E-state index is 0.383. The Bertz CT molecular complexity index is 467. The summed E-state index contributed by atoms with van der Waals surface area (Å²) in [6.45, 7) is 1.79. The fourth-order valence-electron chi connectivity index (χ4n) is 1.00. The van der Waals surface area contributed by atoms with Crippen LogP contribution in [0.4, 0.5) is 0 Å². The molecular weight excluding hydrogens is 154 g/mol. The van der Waals surface area contributed by atoms with Crippen molar-refractivity contribution >= 4 is 11.1 Å². The first-order valence-corrected chi connectivity index (χ1v) is 3.44. The maximum absolute atomic E-state index is 8.56. The van der Waals surface area contributed by atoms with Gasteiger partial charge in [0.2, 0.25) is 0 Å². The number of fused-ring (bicyclic) bond motifs is 1.